The second-order valence-corrected chi connectivity index (χ2v) is 2.34. The summed E-state index contributed by atoms with van der Waals surface area (Å²) in [5.41, 5.74) is 5.54. The van der Waals surface area contributed by atoms with Crippen LogP contribution in [0.3, 0.4) is 0 Å². The lowest BCUT2D eigenvalue weighted by molar-refractivity contribution is 0.948. The number of hydrogen-bond acceptors (Lipinski definition) is 2. The van der Waals surface area contributed by atoms with Gasteiger partial charge in [0, 0.05) is 24.8 Å². The van der Waals surface area contributed by atoms with E-state index in [1.807, 2.05) is 30.1 Å². The molecule has 2 N–H and O–H groups in total. The van der Waals surface area contributed by atoms with Crippen molar-refractivity contribution < 1.29 is 0 Å². The van der Waals surface area contributed by atoms with Crippen molar-refractivity contribution in [1.82, 2.24) is 9.55 Å². The van der Waals surface area contributed by atoms with Crippen molar-refractivity contribution in [3.63, 3.8) is 0 Å². The normalized spacial score (nSPS) is 9.25. The zero-order chi connectivity index (χ0) is 8.97. The summed E-state index contributed by atoms with van der Waals surface area (Å²) in [7, 11) is 3.50. The summed E-state index contributed by atoms with van der Waals surface area (Å²) in [6, 6.07) is 6.06. The summed E-state index contributed by atoms with van der Waals surface area (Å²) in [6.07, 6.45) is 3.82. The van der Waals surface area contributed by atoms with Crippen LogP contribution >= 0.6 is 0 Å². The van der Waals surface area contributed by atoms with Crippen LogP contribution < -0.4 is 5.73 Å². The van der Waals surface area contributed by atoms with E-state index in [9.17, 15) is 0 Å². The first kappa shape index (κ1) is 8.74. The fourth-order valence-corrected chi connectivity index (χ4v) is 1.10. The molecule has 0 radical (unpaired) electrons. The van der Waals surface area contributed by atoms with E-state index in [-0.39, 0.29) is 0 Å². The van der Waals surface area contributed by atoms with E-state index in [1.54, 1.807) is 0 Å². The maximum absolute atomic E-state index is 4.50. The van der Waals surface area contributed by atoms with E-state index in [0.29, 0.717) is 0 Å². The van der Waals surface area contributed by atoms with Gasteiger partial charge >= 0.3 is 0 Å². The Morgan fingerprint density at radius 3 is 2.75 bits per heavy atom. The van der Waals surface area contributed by atoms with E-state index < -0.39 is 0 Å². The minimum absolute atomic E-state index is 1.04. The van der Waals surface area contributed by atoms with E-state index in [4.69, 9.17) is 0 Å². The molecule has 0 atom stereocenters. The Morgan fingerprint density at radius 1 is 1.33 bits per heavy atom. The second-order valence-electron chi connectivity index (χ2n) is 2.34. The smallest absolute Gasteiger partial charge is 0.139 e. The van der Waals surface area contributed by atoms with Gasteiger partial charge in [-0.25, -0.2) is 4.98 Å². The molecular formula is C9H13N3. The first-order valence-corrected chi connectivity index (χ1v) is 3.82. The van der Waals surface area contributed by atoms with Crippen molar-refractivity contribution in [2.45, 2.75) is 0 Å². The van der Waals surface area contributed by atoms with Gasteiger partial charge in [0.1, 0.15) is 5.65 Å². The third-order valence-electron chi connectivity index (χ3n) is 1.63. The van der Waals surface area contributed by atoms with Crippen molar-refractivity contribution in [1.29, 1.82) is 0 Å². The molecule has 2 aromatic rings. The minimum Gasteiger partial charge on any atom is -0.336 e. The standard InChI is InChI=1S/C8H8N2.CH5N/c1-10-6-4-7-3-2-5-9-8(7)10;1-2/h2-6H,1H3;2H2,1H3. The van der Waals surface area contributed by atoms with Crippen LogP contribution in [0, 0.1) is 0 Å². The number of fused-ring (bicyclic) bond motifs is 1. The zero-order valence-electron chi connectivity index (χ0n) is 7.36. The lowest BCUT2D eigenvalue weighted by Gasteiger charge is -1.91. The molecule has 0 spiro atoms. The number of aryl methyl sites for hydroxylation is 1. The van der Waals surface area contributed by atoms with Crippen LogP contribution in [0.15, 0.2) is 30.6 Å². The minimum atomic E-state index is 1.04. The maximum atomic E-state index is 4.50. The van der Waals surface area contributed by atoms with Gasteiger partial charge in [-0.1, -0.05) is 0 Å². The molecule has 0 amide bonds. The average molecular weight is 163 g/mol. The molecule has 0 bridgehead atoms. The predicted octanol–water partition coefficient (Wildman–Crippen LogP) is 1.15. The van der Waals surface area contributed by atoms with E-state index >= 15 is 0 Å². The fraction of sp³-hybridized carbons (Fsp3) is 0.222. The molecule has 3 heteroatoms. The molecule has 0 aliphatic rings. The third-order valence-corrected chi connectivity index (χ3v) is 1.63. The van der Waals surface area contributed by atoms with Gasteiger partial charge < -0.3 is 10.3 Å². The van der Waals surface area contributed by atoms with Gasteiger partial charge in [-0.3, -0.25) is 0 Å². The topological polar surface area (TPSA) is 43.8 Å². The van der Waals surface area contributed by atoms with Crippen molar-refractivity contribution in [3.05, 3.63) is 30.6 Å². The molecule has 3 nitrogen and oxygen atoms in total. The number of hydrogen-bond donors (Lipinski definition) is 1. The van der Waals surface area contributed by atoms with E-state index in [0.717, 1.165) is 5.65 Å². The van der Waals surface area contributed by atoms with Crippen molar-refractivity contribution in [2.24, 2.45) is 12.8 Å². The molecule has 0 unspecified atom stereocenters. The number of rotatable bonds is 0. The van der Waals surface area contributed by atoms with Crippen LogP contribution in [-0.2, 0) is 7.05 Å². The highest BCUT2D eigenvalue weighted by atomic mass is 15.0. The van der Waals surface area contributed by atoms with Crippen LogP contribution in [0.4, 0.5) is 0 Å². The highest BCUT2D eigenvalue weighted by Gasteiger charge is 1.93. The zero-order valence-corrected chi connectivity index (χ0v) is 7.36. The summed E-state index contributed by atoms with van der Waals surface area (Å²) >= 11 is 0. The van der Waals surface area contributed by atoms with E-state index in [2.05, 4.69) is 22.9 Å². The Bertz CT molecular complexity index is 351. The molecule has 0 aliphatic heterocycles. The van der Waals surface area contributed by atoms with Crippen LogP contribution in [-0.4, -0.2) is 16.6 Å². The fourth-order valence-electron chi connectivity index (χ4n) is 1.10. The number of pyridine rings is 1. The second kappa shape index (κ2) is 3.88. The molecule has 12 heavy (non-hydrogen) atoms. The van der Waals surface area contributed by atoms with Gasteiger partial charge in [0.05, 0.1) is 0 Å². The molecule has 64 valence electrons. The molecule has 2 rings (SSSR count). The highest BCUT2D eigenvalue weighted by Crippen LogP contribution is 2.09. The number of nitrogens with zero attached hydrogens (tertiary/aromatic N) is 2. The molecule has 0 saturated carbocycles. The first-order valence-electron chi connectivity index (χ1n) is 3.82. The Kier molecular flexibility index (Phi) is 2.82. The summed E-state index contributed by atoms with van der Waals surface area (Å²) < 4.78 is 2.01. The molecule has 0 fully saturated rings. The summed E-state index contributed by atoms with van der Waals surface area (Å²) in [4.78, 5) is 4.20. The van der Waals surface area contributed by atoms with Crippen molar-refractivity contribution >= 4 is 11.0 Å². The monoisotopic (exact) mass is 163 g/mol. The molecule has 0 saturated heterocycles. The Hall–Kier alpha value is -1.35. The quantitative estimate of drug-likeness (QED) is 0.633. The summed E-state index contributed by atoms with van der Waals surface area (Å²) in [5.74, 6) is 0. The molecule has 0 aliphatic carbocycles. The van der Waals surface area contributed by atoms with Gasteiger partial charge in [0.25, 0.3) is 0 Å². The first-order chi connectivity index (χ1) is 5.88. The van der Waals surface area contributed by atoms with Gasteiger partial charge in [-0.2, -0.15) is 0 Å². The van der Waals surface area contributed by atoms with Crippen LogP contribution in [0.5, 0.6) is 0 Å². The Morgan fingerprint density at radius 2 is 2.08 bits per heavy atom. The SMILES string of the molecule is CN.Cn1ccc2cccnc21. The van der Waals surface area contributed by atoms with Gasteiger partial charge in [0.2, 0.25) is 0 Å². The van der Waals surface area contributed by atoms with Crippen LogP contribution in [0.2, 0.25) is 0 Å². The molecule has 2 heterocycles. The third kappa shape index (κ3) is 1.46. The predicted molar refractivity (Wildman–Crippen MR) is 50.8 cm³/mol. The van der Waals surface area contributed by atoms with E-state index in [1.165, 1.54) is 12.4 Å². The highest BCUT2D eigenvalue weighted by molar-refractivity contribution is 5.75. The molecule has 2 aromatic heterocycles. The summed E-state index contributed by atoms with van der Waals surface area (Å²) in [6.45, 7) is 0. The van der Waals surface area contributed by atoms with Gasteiger partial charge in [-0.05, 0) is 25.2 Å². The Balaban J connectivity index is 0.000000336. The van der Waals surface area contributed by atoms with Crippen LogP contribution in [0.1, 0.15) is 0 Å². The lowest BCUT2D eigenvalue weighted by atomic mass is 10.3. The average Bonchev–Trinajstić information content (AvgIpc) is 2.53. The van der Waals surface area contributed by atoms with Gasteiger partial charge in [0.15, 0.2) is 0 Å². The van der Waals surface area contributed by atoms with Crippen LogP contribution in [0.25, 0.3) is 11.0 Å². The largest absolute Gasteiger partial charge is 0.336 e. The maximum Gasteiger partial charge on any atom is 0.139 e. The lowest BCUT2D eigenvalue weighted by Crippen LogP contribution is -1.85. The molecule has 0 aromatic carbocycles. The summed E-state index contributed by atoms with van der Waals surface area (Å²) in [5, 5.41) is 1.20. The van der Waals surface area contributed by atoms with Gasteiger partial charge in [-0.15, -0.1) is 0 Å². The Labute approximate surface area is 71.8 Å². The van der Waals surface area contributed by atoms with Crippen molar-refractivity contribution in [3.8, 4) is 0 Å². The molecular weight excluding hydrogens is 150 g/mol. The number of nitrogens with two attached hydrogens (primary N) is 1. The van der Waals surface area contributed by atoms with Crippen molar-refractivity contribution in [2.75, 3.05) is 7.05 Å². The number of aromatic nitrogens is 2.